The van der Waals surface area contributed by atoms with Crippen molar-refractivity contribution in [3.8, 4) is 11.5 Å². The largest absolute Gasteiger partial charge is 0.454 e. The highest BCUT2D eigenvalue weighted by Crippen LogP contribution is 2.34. The van der Waals surface area contributed by atoms with Crippen LogP contribution < -0.4 is 20.5 Å². The first-order chi connectivity index (χ1) is 14.2. The molecule has 30 heavy (non-hydrogen) atoms. The van der Waals surface area contributed by atoms with Crippen molar-refractivity contribution in [2.75, 3.05) is 31.5 Å². The number of fused-ring (bicyclic) bond motifs is 1. The van der Waals surface area contributed by atoms with Gasteiger partial charge in [0, 0.05) is 37.8 Å². The molecule has 0 unspecified atom stereocenters. The molecule has 4 rings (SSSR count). The van der Waals surface area contributed by atoms with Gasteiger partial charge >= 0.3 is 5.69 Å². The van der Waals surface area contributed by atoms with Gasteiger partial charge in [-0.15, -0.1) is 0 Å². The van der Waals surface area contributed by atoms with Crippen LogP contribution in [0.4, 0.5) is 5.69 Å². The number of carbonyl (C=O) groups is 1. The van der Waals surface area contributed by atoms with E-state index in [2.05, 4.69) is 10.4 Å². The maximum Gasteiger partial charge on any atom is 0.346 e. The van der Waals surface area contributed by atoms with Crippen molar-refractivity contribution in [3.05, 3.63) is 34.5 Å². The maximum atomic E-state index is 12.6. The van der Waals surface area contributed by atoms with Crippen LogP contribution in [0, 0.1) is 0 Å². The van der Waals surface area contributed by atoms with Crippen molar-refractivity contribution in [3.63, 3.8) is 0 Å². The van der Waals surface area contributed by atoms with Gasteiger partial charge in [0.05, 0.1) is 6.26 Å². The lowest BCUT2D eigenvalue weighted by Gasteiger charge is -2.30. The average molecular weight is 437 g/mol. The van der Waals surface area contributed by atoms with E-state index in [1.165, 1.54) is 15.1 Å². The Labute approximate surface area is 173 Å². The normalized spacial score (nSPS) is 19.1. The van der Waals surface area contributed by atoms with E-state index in [0.29, 0.717) is 36.0 Å². The summed E-state index contributed by atoms with van der Waals surface area (Å²) in [7, 11) is -1.73. The number of carbonyl (C=O) groups excluding carboxylic acids is 1. The van der Waals surface area contributed by atoms with Crippen LogP contribution in [0.15, 0.2) is 23.0 Å². The second-order valence-electron chi connectivity index (χ2n) is 7.43. The van der Waals surface area contributed by atoms with E-state index >= 15 is 0 Å². The molecule has 0 saturated carbocycles. The summed E-state index contributed by atoms with van der Waals surface area (Å²) in [6.07, 6.45) is 2.58. The highest BCUT2D eigenvalue weighted by atomic mass is 32.2. The third kappa shape index (κ3) is 4.05. The zero-order chi connectivity index (χ0) is 21.5. The lowest BCUT2D eigenvalue weighted by molar-refractivity contribution is -0.117. The van der Waals surface area contributed by atoms with Gasteiger partial charge in [-0.1, -0.05) is 0 Å². The molecule has 3 heterocycles. The summed E-state index contributed by atoms with van der Waals surface area (Å²) in [6.45, 7) is 0.606. The van der Waals surface area contributed by atoms with Crippen LogP contribution in [0.2, 0.25) is 0 Å². The number of piperidine rings is 1. The van der Waals surface area contributed by atoms with E-state index in [4.69, 9.17) is 9.47 Å². The maximum absolute atomic E-state index is 12.6. The number of hydrogen-bond acceptors (Lipinski definition) is 7. The van der Waals surface area contributed by atoms with Gasteiger partial charge in [0.1, 0.15) is 12.4 Å². The van der Waals surface area contributed by atoms with E-state index in [1.807, 2.05) is 0 Å². The average Bonchev–Trinajstić information content (AvgIpc) is 3.27. The van der Waals surface area contributed by atoms with Crippen LogP contribution in [0.25, 0.3) is 0 Å². The number of rotatable bonds is 5. The van der Waals surface area contributed by atoms with Crippen LogP contribution in [0.3, 0.4) is 0 Å². The highest BCUT2D eigenvalue weighted by Gasteiger charge is 2.30. The summed E-state index contributed by atoms with van der Waals surface area (Å²) >= 11 is 0. The smallest absolute Gasteiger partial charge is 0.346 e. The van der Waals surface area contributed by atoms with Gasteiger partial charge in [-0.05, 0) is 25.0 Å². The van der Waals surface area contributed by atoms with Crippen molar-refractivity contribution in [1.29, 1.82) is 0 Å². The first kappa shape index (κ1) is 20.4. The van der Waals surface area contributed by atoms with Crippen molar-refractivity contribution in [1.82, 2.24) is 18.7 Å². The highest BCUT2D eigenvalue weighted by molar-refractivity contribution is 7.88. The number of benzene rings is 1. The molecule has 2 aromatic rings. The van der Waals surface area contributed by atoms with Gasteiger partial charge < -0.3 is 14.8 Å². The molecule has 162 valence electrons. The predicted octanol–water partition coefficient (Wildman–Crippen LogP) is 0.0882. The fourth-order valence-corrected chi connectivity index (χ4v) is 4.64. The lowest BCUT2D eigenvalue weighted by atomic mass is 9.99. The van der Waals surface area contributed by atoms with E-state index in [0.717, 1.165) is 11.1 Å². The van der Waals surface area contributed by atoms with Crippen LogP contribution >= 0.6 is 0 Å². The van der Waals surface area contributed by atoms with Crippen LogP contribution in [-0.4, -0.2) is 59.1 Å². The Kier molecular flexibility index (Phi) is 5.28. The third-order valence-electron chi connectivity index (χ3n) is 5.24. The summed E-state index contributed by atoms with van der Waals surface area (Å²) < 4.78 is 38.1. The Morgan fingerprint density at radius 1 is 1.30 bits per heavy atom. The molecule has 11 nitrogen and oxygen atoms in total. The zero-order valence-corrected chi connectivity index (χ0v) is 17.5. The topological polar surface area (TPSA) is 125 Å². The minimum Gasteiger partial charge on any atom is -0.454 e. The Bertz CT molecular complexity index is 1140. The summed E-state index contributed by atoms with van der Waals surface area (Å²) in [4.78, 5) is 25.0. The van der Waals surface area contributed by atoms with Crippen molar-refractivity contribution >= 4 is 21.6 Å². The quantitative estimate of drug-likeness (QED) is 0.703. The van der Waals surface area contributed by atoms with E-state index in [-0.39, 0.29) is 25.8 Å². The number of nitrogens with one attached hydrogen (secondary N) is 1. The van der Waals surface area contributed by atoms with E-state index in [9.17, 15) is 18.0 Å². The standard InChI is InChI=1S/C18H23N5O6S/c1-21-17(12-4-3-7-22(9-12)30(2,26)27)20-23(18(21)25)10-16(24)19-13-5-6-14-15(8-13)29-11-28-14/h5-6,8,12H,3-4,7,9-11H2,1-2H3,(H,19,24)/t12-/m0/s1. The molecule has 0 spiro atoms. The number of sulfonamides is 1. The SMILES string of the molecule is Cn1c([C@H]2CCCN(S(C)(=O)=O)C2)nn(CC(=O)Nc2ccc3c(c2)OCO3)c1=O. The molecule has 0 bridgehead atoms. The molecule has 1 atom stereocenters. The minimum atomic E-state index is -3.31. The molecular weight excluding hydrogens is 414 g/mol. The number of anilines is 1. The monoisotopic (exact) mass is 437 g/mol. The Balaban J connectivity index is 1.48. The van der Waals surface area contributed by atoms with Gasteiger partial charge in [-0.25, -0.2) is 22.2 Å². The first-order valence-corrected chi connectivity index (χ1v) is 11.4. The minimum absolute atomic E-state index is 0.136. The van der Waals surface area contributed by atoms with Crippen LogP contribution in [0.5, 0.6) is 11.5 Å². The van der Waals surface area contributed by atoms with Gasteiger partial charge in [-0.2, -0.15) is 5.10 Å². The first-order valence-electron chi connectivity index (χ1n) is 9.51. The molecular formula is C18H23N5O6S. The number of aromatic nitrogens is 3. The summed E-state index contributed by atoms with van der Waals surface area (Å²) in [5.74, 6) is 1.00. The zero-order valence-electron chi connectivity index (χ0n) is 16.7. The molecule has 1 N–H and O–H groups in total. The second-order valence-corrected chi connectivity index (χ2v) is 9.42. The number of nitrogens with zero attached hydrogens (tertiary/aromatic N) is 4. The molecule has 2 aliphatic rings. The van der Waals surface area contributed by atoms with Gasteiger partial charge in [-0.3, -0.25) is 9.36 Å². The molecule has 12 heteroatoms. The molecule has 1 aromatic heterocycles. The Morgan fingerprint density at radius 2 is 2.07 bits per heavy atom. The molecule has 1 aromatic carbocycles. The summed E-state index contributed by atoms with van der Waals surface area (Å²) in [5, 5.41) is 7.04. The Morgan fingerprint density at radius 3 is 2.83 bits per heavy atom. The second kappa shape index (κ2) is 7.76. The summed E-state index contributed by atoms with van der Waals surface area (Å²) in [6, 6.07) is 5.02. The molecule has 0 aliphatic carbocycles. The lowest BCUT2D eigenvalue weighted by Crippen LogP contribution is -2.39. The molecule has 0 radical (unpaired) electrons. The predicted molar refractivity (Wildman–Crippen MR) is 107 cm³/mol. The Hall–Kier alpha value is -2.86. The van der Waals surface area contributed by atoms with E-state index in [1.54, 1.807) is 25.2 Å². The van der Waals surface area contributed by atoms with Gasteiger partial charge in [0.25, 0.3) is 0 Å². The molecule has 1 amide bonds. The van der Waals surface area contributed by atoms with Crippen molar-refractivity contribution < 1.29 is 22.7 Å². The number of amides is 1. The van der Waals surface area contributed by atoms with Gasteiger partial charge in [0.2, 0.25) is 22.7 Å². The van der Waals surface area contributed by atoms with Crippen LogP contribution in [0.1, 0.15) is 24.6 Å². The fraction of sp³-hybridized carbons (Fsp3) is 0.500. The van der Waals surface area contributed by atoms with Gasteiger partial charge in [0.15, 0.2) is 11.5 Å². The number of hydrogen-bond donors (Lipinski definition) is 1. The van der Waals surface area contributed by atoms with Crippen LogP contribution in [-0.2, 0) is 28.4 Å². The number of ether oxygens (including phenoxy) is 2. The molecule has 1 saturated heterocycles. The molecule has 1 fully saturated rings. The molecule has 2 aliphatic heterocycles. The van der Waals surface area contributed by atoms with Crippen molar-refractivity contribution in [2.24, 2.45) is 7.05 Å². The summed E-state index contributed by atoms with van der Waals surface area (Å²) in [5.41, 5.74) is 0.0897. The van der Waals surface area contributed by atoms with Crippen molar-refractivity contribution in [2.45, 2.75) is 25.3 Å². The van der Waals surface area contributed by atoms with E-state index < -0.39 is 21.6 Å². The fourth-order valence-electron chi connectivity index (χ4n) is 3.73. The third-order valence-corrected chi connectivity index (χ3v) is 6.51.